The van der Waals surface area contributed by atoms with Crippen LogP contribution in [0.2, 0.25) is 0 Å². The second-order valence-electron chi connectivity index (χ2n) is 3.77. The SMILES string of the molecule is Cc1ccc(N)c(SC2CCNC2)c1. The van der Waals surface area contributed by atoms with Crippen LogP contribution in [0.25, 0.3) is 0 Å². The number of nitrogen functional groups attached to an aromatic ring is 1. The third-order valence-electron chi connectivity index (χ3n) is 2.48. The average molecular weight is 208 g/mol. The summed E-state index contributed by atoms with van der Waals surface area (Å²) in [5.41, 5.74) is 8.12. The van der Waals surface area contributed by atoms with Crippen LogP contribution in [-0.2, 0) is 0 Å². The van der Waals surface area contributed by atoms with Gasteiger partial charge in [-0.1, -0.05) is 6.07 Å². The highest BCUT2D eigenvalue weighted by atomic mass is 32.2. The Bertz CT molecular complexity index is 319. The molecular formula is C11H16N2S. The zero-order valence-corrected chi connectivity index (χ0v) is 9.23. The Morgan fingerprint density at radius 1 is 1.50 bits per heavy atom. The zero-order valence-electron chi connectivity index (χ0n) is 8.42. The number of rotatable bonds is 2. The molecule has 0 aliphatic carbocycles. The van der Waals surface area contributed by atoms with Crippen molar-refractivity contribution in [3.63, 3.8) is 0 Å². The molecule has 1 aromatic rings. The van der Waals surface area contributed by atoms with Gasteiger partial charge in [-0.25, -0.2) is 0 Å². The Morgan fingerprint density at radius 3 is 3.07 bits per heavy atom. The van der Waals surface area contributed by atoms with Crippen LogP contribution in [0, 0.1) is 6.92 Å². The molecule has 0 radical (unpaired) electrons. The number of benzene rings is 1. The molecule has 1 aromatic carbocycles. The van der Waals surface area contributed by atoms with Gasteiger partial charge >= 0.3 is 0 Å². The summed E-state index contributed by atoms with van der Waals surface area (Å²) in [4.78, 5) is 1.23. The normalized spacial score (nSPS) is 21.4. The average Bonchev–Trinajstić information content (AvgIpc) is 2.64. The third-order valence-corrected chi connectivity index (χ3v) is 3.82. The Hall–Kier alpha value is -0.670. The van der Waals surface area contributed by atoms with Gasteiger partial charge in [0.1, 0.15) is 0 Å². The first kappa shape index (κ1) is 9.87. The quantitative estimate of drug-likeness (QED) is 0.730. The van der Waals surface area contributed by atoms with Gasteiger partial charge in [-0.05, 0) is 37.6 Å². The lowest BCUT2D eigenvalue weighted by Gasteiger charge is -2.10. The Kier molecular flexibility index (Phi) is 2.99. The lowest BCUT2D eigenvalue weighted by Crippen LogP contribution is -2.10. The van der Waals surface area contributed by atoms with Crippen molar-refractivity contribution in [3.05, 3.63) is 23.8 Å². The summed E-state index contributed by atoms with van der Waals surface area (Å²) < 4.78 is 0. The molecule has 14 heavy (non-hydrogen) atoms. The van der Waals surface area contributed by atoms with Crippen LogP contribution in [0.3, 0.4) is 0 Å². The molecule has 1 atom stereocenters. The van der Waals surface area contributed by atoms with Crippen LogP contribution in [0.5, 0.6) is 0 Å². The van der Waals surface area contributed by atoms with E-state index in [1.807, 2.05) is 17.8 Å². The highest BCUT2D eigenvalue weighted by Crippen LogP contribution is 2.31. The second-order valence-corrected chi connectivity index (χ2v) is 5.12. The molecule has 1 saturated heterocycles. The summed E-state index contributed by atoms with van der Waals surface area (Å²) in [6.07, 6.45) is 1.25. The van der Waals surface area contributed by atoms with E-state index in [0.717, 1.165) is 18.8 Å². The Balaban J connectivity index is 2.10. The van der Waals surface area contributed by atoms with E-state index in [0.29, 0.717) is 5.25 Å². The molecule has 2 rings (SSSR count). The minimum atomic E-state index is 0.694. The predicted octanol–water partition coefficient (Wildman–Crippen LogP) is 2.03. The van der Waals surface area contributed by atoms with Crippen LogP contribution < -0.4 is 11.1 Å². The first-order valence-corrected chi connectivity index (χ1v) is 5.87. The van der Waals surface area contributed by atoms with Gasteiger partial charge in [0.2, 0.25) is 0 Å². The van der Waals surface area contributed by atoms with Crippen molar-refractivity contribution in [2.45, 2.75) is 23.5 Å². The van der Waals surface area contributed by atoms with E-state index in [1.165, 1.54) is 16.9 Å². The molecule has 0 amide bonds. The first-order chi connectivity index (χ1) is 6.75. The van der Waals surface area contributed by atoms with Crippen molar-refractivity contribution in [1.82, 2.24) is 5.32 Å². The van der Waals surface area contributed by atoms with E-state index in [2.05, 4.69) is 24.4 Å². The maximum atomic E-state index is 5.93. The molecule has 0 aromatic heterocycles. The van der Waals surface area contributed by atoms with Crippen molar-refractivity contribution in [1.29, 1.82) is 0 Å². The highest BCUT2D eigenvalue weighted by Gasteiger charge is 2.16. The lowest BCUT2D eigenvalue weighted by atomic mass is 10.2. The summed E-state index contributed by atoms with van der Waals surface area (Å²) in [6.45, 7) is 4.36. The highest BCUT2D eigenvalue weighted by molar-refractivity contribution is 8.00. The molecule has 0 spiro atoms. The molecule has 1 aliphatic heterocycles. The molecule has 3 N–H and O–H groups in total. The molecule has 0 bridgehead atoms. The molecule has 0 saturated carbocycles. The van der Waals surface area contributed by atoms with Crippen molar-refractivity contribution < 1.29 is 0 Å². The van der Waals surface area contributed by atoms with Gasteiger partial charge in [-0.15, -0.1) is 11.8 Å². The summed E-state index contributed by atoms with van der Waals surface area (Å²) in [6, 6.07) is 6.24. The smallest absolute Gasteiger partial charge is 0.0452 e. The molecule has 3 heteroatoms. The van der Waals surface area contributed by atoms with E-state index in [-0.39, 0.29) is 0 Å². The van der Waals surface area contributed by atoms with E-state index < -0.39 is 0 Å². The number of hydrogen-bond acceptors (Lipinski definition) is 3. The fourth-order valence-corrected chi connectivity index (χ4v) is 2.91. The monoisotopic (exact) mass is 208 g/mol. The zero-order chi connectivity index (χ0) is 9.97. The standard InChI is InChI=1S/C11H16N2S/c1-8-2-3-10(12)11(6-8)14-9-4-5-13-7-9/h2-3,6,9,13H,4-5,7,12H2,1H3. The lowest BCUT2D eigenvalue weighted by molar-refractivity contribution is 0.858. The first-order valence-electron chi connectivity index (χ1n) is 4.99. The minimum absolute atomic E-state index is 0.694. The fraction of sp³-hybridized carbons (Fsp3) is 0.455. The molecule has 1 unspecified atom stereocenters. The van der Waals surface area contributed by atoms with Gasteiger partial charge in [-0.3, -0.25) is 0 Å². The number of aryl methyl sites for hydroxylation is 1. The van der Waals surface area contributed by atoms with Gasteiger partial charge in [0.15, 0.2) is 0 Å². The number of hydrogen-bond donors (Lipinski definition) is 2. The number of nitrogens with two attached hydrogens (primary N) is 1. The Morgan fingerprint density at radius 2 is 2.36 bits per heavy atom. The molecular weight excluding hydrogens is 192 g/mol. The molecule has 76 valence electrons. The van der Waals surface area contributed by atoms with Crippen molar-refractivity contribution in [3.8, 4) is 0 Å². The van der Waals surface area contributed by atoms with Crippen molar-refractivity contribution in [2.75, 3.05) is 18.8 Å². The van der Waals surface area contributed by atoms with E-state index in [1.54, 1.807) is 0 Å². The maximum absolute atomic E-state index is 5.93. The van der Waals surface area contributed by atoms with Crippen LogP contribution in [0.1, 0.15) is 12.0 Å². The largest absolute Gasteiger partial charge is 0.398 e. The molecule has 1 aliphatic rings. The van der Waals surface area contributed by atoms with Crippen LogP contribution in [-0.4, -0.2) is 18.3 Å². The molecule has 2 nitrogen and oxygen atoms in total. The summed E-state index contributed by atoms with van der Waals surface area (Å²) in [7, 11) is 0. The predicted molar refractivity (Wildman–Crippen MR) is 62.7 cm³/mol. The van der Waals surface area contributed by atoms with E-state index in [9.17, 15) is 0 Å². The number of anilines is 1. The van der Waals surface area contributed by atoms with Crippen molar-refractivity contribution in [2.24, 2.45) is 0 Å². The maximum Gasteiger partial charge on any atom is 0.0452 e. The van der Waals surface area contributed by atoms with E-state index >= 15 is 0 Å². The summed E-state index contributed by atoms with van der Waals surface area (Å²) in [5.74, 6) is 0. The van der Waals surface area contributed by atoms with Crippen LogP contribution in [0.15, 0.2) is 23.1 Å². The van der Waals surface area contributed by atoms with Crippen molar-refractivity contribution >= 4 is 17.4 Å². The van der Waals surface area contributed by atoms with Gasteiger partial charge < -0.3 is 11.1 Å². The van der Waals surface area contributed by atoms with Gasteiger partial charge in [0.25, 0.3) is 0 Å². The van der Waals surface area contributed by atoms with Crippen LogP contribution in [0.4, 0.5) is 5.69 Å². The fourth-order valence-electron chi connectivity index (χ4n) is 1.65. The van der Waals surface area contributed by atoms with Gasteiger partial charge in [-0.2, -0.15) is 0 Å². The van der Waals surface area contributed by atoms with Crippen LogP contribution >= 0.6 is 11.8 Å². The third kappa shape index (κ3) is 2.22. The molecule has 1 fully saturated rings. The van der Waals surface area contributed by atoms with Gasteiger partial charge in [0.05, 0.1) is 0 Å². The minimum Gasteiger partial charge on any atom is -0.398 e. The van der Waals surface area contributed by atoms with E-state index in [4.69, 9.17) is 5.73 Å². The summed E-state index contributed by atoms with van der Waals surface area (Å²) in [5, 5.41) is 4.06. The summed E-state index contributed by atoms with van der Waals surface area (Å²) >= 11 is 1.90. The molecule has 1 heterocycles. The topological polar surface area (TPSA) is 38.0 Å². The number of thioether (sulfide) groups is 1. The Labute approximate surface area is 89.3 Å². The van der Waals surface area contributed by atoms with Gasteiger partial charge in [0, 0.05) is 22.4 Å². The second kappa shape index (κ2) is 4.24. The number of nitrogens with one attached hydrogen (secondary N) is 1.